The summed E-state index contributed by atoms with van der Waals surface area (Å²) in [4.78, 5) is 0. The molecule has 2 heteroatoms. The van der Waals surface area contributed by atoms with Gasteiger partial charge in [0.1, 0.15) is 0 Å². The molecule has 0 bridgehead atoms. The number of nitrogens with one attached hydrogen (secondary N) is 1. The van der Waals surface area contributed by atoms with E-state index in [4.69, 9.17) is 5.84 Å². The summed E-state index contributed by atoms with van der Waals surface area (Å²) < 4.78 is 0. The van der Waals surface area contributed by atoms with Gasteiger partial charge >= 0.3 is 0 Å². The van der Waals surface area contributed by atoms with Crippen molar-refractivity contribution in [3.8, 4) is 0 Å². The van der Waals surface area contributed by atoms with Crippen molar-refractivity contribution in [2.45, 2.75) is 78.2 Å². The van der Waals surface area contributed by atoms with Crippen molar-refractivity contribution in [2.24, 2.45) is 23.6 Å². The molecule has 1 aliphatic carbocycles. The molecule has 0 aromatic heterocycles. The largest absolute Gasteiger partial charge is 0.271 e. The van der Waals surface area contributed by atoms with Gasteiger partial charge in [0.2, 0.25) is 0 Å². The maximum Gasteiger partial charge on any atom is 0.0238 e. The molecule has 0 amide bonds. The van der Waals surface area contributed by atoms with E-state index in [1.165, 1.54) is 51.4 Å². The van der Waals surface area contributed by atoms with E-state index in [1.54, 1.807) is 0 Å². The van der Waals surface area contributed by atoms with Crippen molar-refractivity contribution in [1.29, 1.82) is 0 Å². The van der Waals surface area contributed by atoms with Gasteiger partial charge in [-0.05, 0) is 49.9 Å². The first-order valence-corrected chi connectivity index (χ1v) is 7.65. The van der Waals surface area contributed by atoms with Crippen LogP contribution < -0.4 is 11.3 Å². The topological polar surface area (TPSA) is 38.0 Å². The molecule has 1 fully saturated rings. The molecular weight excluding hydrogens is 208 g/mol. The van der Waals surface area contributed by atoms with Crippen LogP contribution >= 0.6 is 0 Å². The highest BCUT2D eigenvalue weighted by Crippen LogP contribution is 2.35. The van der Waals surface area contributed by atoms with Gasteiger partial charge in [-0.3, -0.25) is 11.3 Å². The van der Waals surface area contributed by atoms with Gasteiger partial charge in [-0.15, -0.1) is 0 Å². The zero-order valence-corrected chi connectivity index (χ0v) is 12.0. The van der Waals surface area contributed by atoms with Gasteiger partial charge in [0.25, 0.3) is 0 Å². The van der Waals surface area contributed by atoms with E-state index >= 15 is 0 Å². The molecule has 1 saturated carbocycles. The maximum absolute atomic E-state index is 5.73. The molecule has 1 atom stereocenters. The van der Waals surface area contributed by atoms with Gasteiger partial charge in [0, 0.05) is 6.04 Å². The molecule has 0 spiro atoms. The van der Waals surface area contributed by atoms with Gasteiger partial charge in [-0.25, -0.2) is 0 Å². The second-order valence-electron chi connectivity index (χ2n) is 6.19. The lowest BCUT2D eigenvalue weighted by molar-refractivity contribution is 0.182. The van der Waals surface area contributed by atoms with E-state index in [2.05, 4.69) is 26.2 Å². The Kier molecular flexibility index (Phi) is 7.14. The number of hydrogen-bond acceptors (Lipinski definition) is 2. The lowest BCUT2D eigenvalue weighted by Crippen LogP contribution is -2.42. The molecule has 3 N–H and O–H groups in total. The molecule has 1 unspecified atom stereocenters. The molecule has 17 heavy (non-hydrogen) atoms. The summed E-state index contributed by atoms with van der Waals surface area (Å²) in [5.41, 5.74) is 3.07. The molecule has 0 aromatic carbocycles. The lowest BCUT2D eigenvalue weighted by atomic mass is 9.74. The fourth-order valence-electron chi connectivity index (χ4n) is 3.28. The van der Waals surface area contributed by atoms with E-state index in [0.29, 0.717) is 6.04 Å². The van der Waals surface area contributed by atoms with Crippen LogP contribution in [0.1, 0.15) is 72.1 Å². The van der Waals surface area contributed by atoms with Crippen molar-refractivity contribution in [1.82, 2.24) is 5.43 Å². The van der Waals surface area contributed by atoms with E-state index in [-0.39, 0.29) is 0 Å². The van der Waals surface area contributed by atoms with Crippen molar-refractivity contribution in [3.63, 3.8) is 0 Å². The van der Waals surface area contributed by atoms with E-state index < -0.39 is 0 Å². The average Bonchev–Trinajstić information content (AvgIpc) is 2.35. The van der Waals surface area contributed by atoms with Crippen molar-refractivity contribution in [2.75, 3.05) is 0 Å². The van der Waals surface area contributed by atoms with Gasteiger partial charge in [-0.1, -0.05) is 40.0 Å². The second-order valence-corrected chi connectivity index (χ2v) is 6.19. The van der Waals surface area contributed by atoms with Crippen molar-refractivity contribution >= 4 is 0 Å². The number of hydrogen-bond donors (Lipinski definition) is 2. The number of unbranched alkanes of at least 4 members (excludes halogenated alkanes) is 2. The Bertz CT molecular complexity index is 183. The van der Waals surface area contributed by atoms with Crippen molar-refractivity contribution in [3.05, 3.63) is 0 Å². The molecule has 0 aliphatic heterocycles. The molecule has 0 aromatic rings. The van der Waals surface area contributed by atoms with Gasteiger partial charge < -0.3 is 0 Å². The van der Waals surface area contributed by atoms with E-state index in [9.17, 15) is 0 Å². The summed E-state index contributed by atoms with van der Waals surface area (Å²) in [6.45, 7) is 6.99. The fourth-order valence-corrected chi connectivity index (χ4v) is 3.28. The normalized spacial score (nSPS) is 27.4. The zero-order chi connectivity index (χ0) is 12.7. The van der Waals surface area contributed by atoms with E-state index in [0.717, 1.165) is 17.8 Å². The molecular formula is C15H32N2. The Morgan fingerprint density at radius 1 is 1.06 bits per heavy atom. The van der Waals surface area contributed by atoms with Gasteiger partial charge in [0.15, 0.2) is 0 Å². The first-order valence-electron chi connectivity index (χ1n) is 7.65. The number of hydrazine groups is 1. The van der Waals surface area contributed by atoms with Crippen LogP contribution in [0.2, 0.25) is 0 Å². The average molecular weight is 240 g/mol. The van der Waals surface area contributed by atoms with Crippen LogP contribution in [0.15, 0.2) is 0 Å². The Labute approximate surface area is 108 Å². The first kappa shape index (κ1) is 15.0. The van der Waals surface area contributed by atoms with Crippen LogP contribution in [-0.4, -0.2) is 6.04 Å². The summed E-state index contributed by atoms with van der Waals surface area (Å²) in [5.74, 6) is 8.38. The third-order valence-electron chi connectivity index (χ3n) is 4.66. The lowest BCUT2D eigenvalue weighted by Gasteiger charge is -2.35. The van der Waals surface area contributed by atoms with Crippen molar-refractivity contribution < 1.29 is 0 Å². The monoisotopic (exact) mass is 240 g/mol. The fraction of sp³-hybridized carbons (Fsp3) is 1.00. The molecule has 102 valence electrons. The third-order valence-corrected chi connectivity index (χ3v) is 4.66. The minimum absolute atomic E-state index is 0.565. The Balaban J connectivity index is 2.29. The van der Waals surface area contributed by atoms with Gasteiger partial charge in [-0.2, -0.15) is 0 Å². The van der Waals surface area contributed by atoms with Crippen LogP contribution in [0, 0.1) is 17.8 Å². The van der Waals surface area contributed by atoms with Gasteiger partial charge in [0.05, 0.1) is 0 Å². The van der Waals surface area contributed by atoms with E-state index in [1.807, 2.05) is 0 Å². The van der Waals surface area contributed by atoms with Crippen LogP contribution in [0.3, 0.4) is 0 Å². The SMILES string of the molecule is CCCCCC(NN)C1CCC(C(C)C)CC1. The van der Waals surface area contributed by atoms with Crippen LogP contribution in [0.5, 0.6) is 0 Å². The highest BCUT2D eigenvalue weighted by Gasteiger charge is 2.27. The highest BCUT2D eigenvalue weighted by molar-refractivity contribution is 4.81. The molecule has 1 aliphatic rings. The second kappa shape index (κ2) is 8.10. The Morgan fingerprint density at radius 3 is 2.12 bits per heavy atom. The van der Waals surface area contributed by atoms with Crippen LogP contribution in [0.4, 0.5) is 0 Å². The molecule has 1 rings (SSSR count). The molecule has 0 saturated heterocycles. The summed E-state index contributed by atoms with van der Waals surface area (Å²) in [6, 6.07) is 0.565. The maximum atomic E-state index is 5.73. The van der Waals surface area contributed by atoms with Crippen LogP contribution in [0.25, 0.3) is 0 Å². The summed E-state index contributed by atoms with van der Waals surface area (Å²) in [6.07, 6.45) is 10.8. The molecule has 2 nitrogen and oxygen atoms in total. The Hall–Kier alpha value is -0.0800. The summed E-state index contributed by atoms with van der Waals surface area (Å²) in [5, 5.41) is 0. The quantitative estimate of drug-likeness (QED) is 0.403. The number of rotatable bonds is 7. The minimum Gasteiger partial charge on any atom is -0.271 e. The summed E-state index contributed by atoms with van der Waals surface area (Å²) >= 11 is 0. The smallest absolute Gasteiger partial charge is 0.0238 e. The highest BCUT2D eigenvalue weighted by atomic mass is 15.2. The Morgan fingerprint density at radius 2 is 1.65 bits per heavy atom. The first-order chi connectivity index (χ1) is 8.19. The third kappa shape index (κ3) is 4.97. The predicted molar refractivity (Wildman–Crippen MR) is 75.5 cm³/mol. The zero-order valence-electron chi connectivity index (χ0n) is 12.0. The molecule has 0 radical (unpaired) electrons. The standard InChI is InChI=1S/C15H32N2/c1-4-5-6-7-15(17-16)14-10-8-13(9-11-14)12(2)3/h12-15,17H,4-11,16H2,1-3H3. The summed E-state index contributed by atoms with van der Waals surface area (Å²) in [7, 11) is 0. The van der Waals surface area contributed by atoms with Crippen LogP contribution in [-0.2, 0) is 0 Å². The molecule has 0 heterocycles. The predicted octanol–water partition coefficient (Wildman–Crippen LogP) is 3.86. The minimum atomic E-state index is 0.565. The number of nitrogens with two attached hydrogens (primary N) is 1.